The zero-order valence-electron chi connectivity index (χ0n) is 23.0. The maximum atomic E-state index is 13.5. The number of nitrogens with two attached hydrogens (primary N) is 1. The number of sulfonamides is 1. The van der Waals surface area contributed by atoms with Crippen molar-refractivity contribution >= 4 is 21.7 Å². The zero-order chi connectivity index (χ0) is 26.9. The molecular formula is C27H49N7O3S. The van der Waals surface area contributed by atoms with E-state index in [-0.39, 0.29) is 11.9 Å². The molecule has 1 aromatic rings. The number of hydrogen-bond donors (Lipinski definition) is 3. The van der Waals surface area contributed by atoms with Gasteiger partial charge >= 0.3 is 0 Å². The van der Waals surface area contributed by atoms with Crippen LogP contribution in [0, 0.1) is 0 Å². The Kier molecular flexibility index (Phi) is 14.3. The highest BCUT2D eigenvalue weighted by Gasteiger charge is 2.32. The molecule has 3 rings (SSSR count). The van der Waals surface area contributed by atoms with Gasteiger partial charge in [0.2, 0.25) is 10.0 Å². The Morgan fingerprint density at radius 2 is 1.71 bits per heavy atom. The fraction of sp³-hybridized carbons (Fsp3) is 0.778. The van der Waals surface area contributed by atoms with Gasteiger partial charge in [0, 0.05) is 50.8 Å². The van der Waals surface area contributed by atoms with Crippen LogP contribution in [0.4, 0.5) is 5.69 Å². The van der Waals surface area contributed by atoms with E-state index in [4.69, 9.17) is 10.5 Å². The molecule has 0 spiro atoms. The minimum atomic E-state index is -3.22. The van der Waals surface area contributed by atoms with Crippen molar-refractivity contribution < 1.29 is 13.2 Å². The highest BCUT2D eigenvalue weighted by Crippen LogP contribution is 2.26. The van der Waals surface area contributed by atoms with Crippen LogP contribution in [-0.2, 0) is 14.8 Å². The van der Waals surface area contributed by atoms with Gasteiger partial charge in [-0.25, -0.2) is 17.7 Å². The van der Waals surface area contributed by atoms with Gasteiger partial charge in [0.15, 0.2) is 5.96 Å². The summed E-state index contributed by atoms with van der Waals surface area (Å²) in [7, 11) is -3.22. The number of ether oxygens (including phenoxy) is 1. The summed E-state index contributed by atoms with van der Waals surface area (Å²) in [5, 5.41) is 6.37. The van der Waals surface area contributed by atoms with Crippen LogP contribution < -0.4 is 16.4 Å². The van der Waals surface area contributed by atoms with Gasteiger partial charge in [-0.3, -0.25) is 9.88 Å². The standard InChI is InChI=1S/C27H49N7O3S/c28-24-31-27(32-25-12-15-29-16-13-25)30-14-7-2-1-3-8-18-34(19-9-17-33-20-22-37-23-21-33)38(35,36)26-10-5-4-6-11-26/h12-13,15-16,26H,1-11,14,17-24,28H2,(H2,29,30,31,32). The summed E-state index contributed by atoms with van der Waals surface area (Å²) in [6.45, 7) is 6.70. The molecule has 0 unspecified atom stereocenters. The third-order valence-corrected chi connectivity index (χ3v) is 9.79. The topological polar surface area (TPSA) is 125 Å². The average molecular weight is 552 g/mol. The number of guanidine groups is 1. The van der Waals surface area contributed by atoms with Gasteiger partial charge in [0.05, 0.1) is 25.1 Å². The SMILES string of the molecule is NC/N=C(\NCCCCCCCN(CCCN1CCOCC1)S(=O)(=O)C1CCCCC1)Nc1ccncc1. The summed E-state index contributed by atoms with van der Waals surface area (Å²) < 4.78 is 34.2. The summed E-state index contributed by atoms with van der Waals surface area (Å²) in [4.78, 5) is 10.7. The predicted octanol–water partition coefficient (Wildman–Crippen LogP) is 2.99. The lowest BCUT2D eigenvalue weighted by Gasteiger charge is -2.31. The molecule has 10 nitrogen and oxygen atoms in total. The molecule has 1 saturated heterocycles. The van der Waals surface area contributed by atoms with Crippen LogP contribution in [0.5, 0.6) is 0 Å². The minimum absolute atomic E-state index is 0.184. The second-order valence-corrected chi connectivity index (χ2v) is 12.5. The lowest BCUT2D eigenvalue weighted by Crippen LogP contribution is -2.42. The van der Waals surface area contributed by atoms with Crippen LogP contribution in [0.25, 0.3) is 0 Å². The van der Waals surface area contributed by atoms with E-state index in [0.29, 0.717) is 19.0 Å². The lowest BCUT2D eigenvalue weighted by molar-refractivity contribution is 0.0369. The predicted molar refractivity (Wildman–Crippen MR) is 155 cm³/mol. The summed E-state index contributed by atoms with van der Waals surface area (Å²) >= 11 is 0. The first-order chi connectivity index (χ1) is 18.6. The van der Waals surface area contributed by atoms with E-state index in [9.17, 15) is 8.42 Å². The van der Waals surface area contributed by atoms with Crippen LogP contribution >= 0.6 is 0 Å². The van der Waals surface area contributed by atoms with Crippen molar-refractivity contribution in [2.45, 2.75) is 75.9 Å². The van der Waals surface area contributed by atoms with Crippen molar-refractivity contribution in [2.75, 3.05) is 64.5 Å². The third kappa shape index (κ3) is 11.1. The smallest absolute Gasteiger partial charge is 0.216 e. The highest BCUT2D eigenvalue weighted by atomic mass is 32.2. The van der Waals surface area contributed by atoms with Crippen LogP contribution in [0.15, 0.2) is 29.5 Å². The maximum absolute atomic E-state index is 13.5. The van der Waals surface area contributed by atoms with Gasteiger partial charge < -0.3 is 21.1 Å². The number of aromatic nitrogens is 1. The molecule has 1 aromatic heterocycles. The van der Waals surface area contributed by atoms with Crippen LogP contribution in [0.1, 0.15) is 70.6 Å². The van der Waals surface area contributed by atoms with Gasteiger partial charge in [-0.05, 0) is 50.8 Å². The number of pyridine rings is 1. The van der Waals surface area contributed by atoms with Gasteiger partial charge in [-0.1, -0.05) is 38.5 Å². The van der Waals surface area contributed by atoms with E-state index < -0.39 is 10.0 Å². The number of nitrogens with zero attached hydrogens (tertiary/aromatic N) is 4. The largest absolute Gasteiger partial charge is 0.379 e. The van der Waals surface area contributed by atoms with Crippen molar-refractivity contribution in [3.63, 3.8) is 0 Å². The van der Waals surface area contributed by atoms with Gasteiger partial charge in [-0.2, -0.15) is 0 Å². The fourth-order valence-electron chi connectivity index (χ4n) is 5.19. The number of unbranched alkanes of at least 4 members (excludes halogenated alkanes) is 4. The molecule has 2 fully saturated rings. The second-order valence-electron chi connectivity index (χ2n) is 10.3. The molecule has 1 aliphatic heterocycles. The van der Waals surface area contributed by atoms with E-state index >= 15 is 0 Å². The van der Waals surface area contributed by atoms with Crippen LogP contribution in [0.2, 0.25) is 0 Å². The van der Waals surface area contributed by atoms with Crippen molar-refractivity contribution in [1.29, 1.82) is 0 Å². The molecule has 2 aliphatic rings. The van der Waals surface area contributed by atoms with Gasteiger partial charge in [0.25, 0.3) is 0 Å². The summed E-state index contributed by atoms with van der Waals surface area (Å²) in [6, 6.07) is 3.77. The third-order valence-electron chi connectivity index (χ3n) is 7.39. The van der Waals surface area contributed by atoms with Gasteiger partial charge in [0.1, 0.15) is 0 Å². The van der Waals surface area contributed by atoms with E-state index in [0.717, 1.165) is 116 Å². The lowest BCUT2D eigenvalue weighted by atomic mass is 10.0. The van der Waals surface area contributed by atoms with Gasteiger partial charge in [-0.15, -0.1) is 0 Å². The number of rotatable bonds is 16. The molecule has 0 aromatic carbocycles. The second kappa shape index (κ2) is 17.7. The first-order valence-corrected chi connectivity index (χ1v) is 16.0. The number of nitrogens with one attached hydrogen (secondary N) is 2. The molecular weight excluding hydrogens is 502 g/mol. The Labute approximate surface area is 229 Å². The van der Waals surface area contributed by atoms with E-state index in [2.05, 4.69) is 25.5 Å². The Hall–Kier alpha value is -1.79. The molecule has 0 amide bonds. The molecule has 0 atom stereocenters. The molecule has 1 aliphatic carbocycles. The molecule has 0 radical (unpaired) electrons. The summed E-state index contributed by atoms with van der Waals surface area (Å²) in [5.74, 6) is 0.666. The van der Waals surface area contributed by atoms with E-state index in [1.807, 2.05) is 16.4 Å². The van der Waals surface area contributed by atoms with Crippen molar-refractivity contribution in [2.24, 2.45) is 10.7 Å². The number of hydrogen-bond acceptors (Lipinski definition) is 7. The Balaban J connectivity index is 1.36. The molecule has 0 bridgehead atoms. The first-order valence-electron chi connectivity index (χ1n) is 14.5. The fourth-order valence-corrected chi connectivity index (χ4v) is 7.31. The molecule has 11 heteroatoms. The zero-order valence-corrected chi connectivity index (χ0v) is 23.8. The summed E-state index contributed by atoms with van der Waals surface area (Å²) in [5.41, 5.74) is 6.52. The Morgan fingerprint density at radius 1 is 1.03 bits per heavy atom. The molecule has 1 saturated carbocycles. The molecule has 4 N–H and O–H groups in total. The van der Waals surface area contributed by atoms with Crippen molar-refractivity contribution in [1.82, 2.24) is 19.5 Å². The van der Waals surface area contributed by atoms with Crippen LogP contribution in [0.3, 0.4) is 0 Å². The first kappa shape index (κ1) is 30.7. The van der Waals surface area contributed by atoms with Crippen molar-refractivity contribution in [3.05, 3.63) is 24.5 Å². The van der Waals surface area contributed by atoms with Crippen LogP contribution in [-0.4, -0.2) is 93.0 Å². The highest BCUT2D eigenvalue weighted by molar-refractivity contribution is 7.89. The molecule has 216 valence electrons. The average Bonchev–Trinajstić information content (AvgIpc) is 2.95. The Bertz CT molecular complexity index is 889. The van der Waals surface area contributed by atoms with Crippen molar-refractivity contribution in [3.8, 4) is 0 Å². The molecule has 2 heterocycles. The molecule has 38 heavy (non-hydrogen) atoms. The number of morpholine rings is 1. The maximum Gasteiger partial charge on any atom is 0.216 e. The normalized spacial score (nSPS) is 18.1. The Morgan fingerprint density at radius 3 is 2.45 bits per heavy atom. The number of aliphatic imine (C=N–C) groups is 1. The summed E-state index contributed by atoms with van der Waals surface area (Å²) in [6.07, 6.45) is 14.4. The monoisotopic (exact) mass is 551 g/mol. The van der Waals surface area contributed by atoms with E-state index in [1.54, 1.807) is 12.4 Å². The van der Waals surface area contributed by atoms with E-state index in [1.165, 1.54) is 0 Å². The number of anilines is 1. The minimum Gasteiger partial charge on any atom is -0.379 e. The quantitative estimate of drug-likeness (QED) is 0.163.